The molecular weight excluding hydrogens is 239 g/mol. The number of aromatic nitrogens is 1. The highest BCUT2D eigenvalue weighted by molar-refractivity contribution is 5.35. The predicted octanol–water partition coefficient (Wildman–Crippen LogP) is 3.45. The Morgan fingerprint density at radius 3 is 2.05 bits per heavy atom. The van der Waals surface area contributed by atoms with E-state index in [4.69, 9.17) is 0 Å². The number of nitrogens with one attached hydrogen (secondary N) is 1. The van der Waals surface area contributed by atoms with Gasteiger partial charge in [0, 0.05) is 11.4 Å². The van der Waals surface area contributed by atoms with E-state index in [0.717, 1.165) is 28.1 Å². The van der Waals surface area contributed by atoms with Crippen molar-refractivity contribution in [2.75, 3.05) is 7.05 Å². The first-order valence-electron chi connectivity index (χ1n) is 6.39. The molecule has 1 aromatic carbocycles. The van der Waals surface area contributed by atoms with Gasteiger partial charge in [0.25, 0.3) is 0 Å². The van der Waals surface area contributed by atoms with E-state index >= 15 is 0 Å². The lowest BCUT2D eigenvalue weighted by Gasteiger charge is -2.19. The fourth-order valence-corrected chi connectivity index (χ4v) is 2.49. The van der Waals surface area contributed by atoms with Crippen molar-refractivity contribution in [1.29, 1.82) is 0 Å². The third-order valence-electron chi connectivity index (χ3n) is 3.12. The van der Waals surface area contributed by atoms with Crippen molar-refractivity contribution in [3.8, 4) is 0 Å². The molecule has 0 aliphatic heterocycles. The molecule has 19 heavy (non-hydrogen) atoms. The lowest BCUT2D eigenvalue weighted by molar-refractivity contribution is 0.615. The maximum Gasteiger partial charge on any atom is 0.123 e. The average Bonchev–Trinajstić information content (AvgIpc) is 2.27. The zero-order valence-corrected chi connectivity index (χ0v) is 11.8. The Morgan fingerprint density at radius 1 is 0.947 bits per heavy atom. The molecule has 1 aromatic heterocycles. The maximum absolute atomic E-state index is 13.6. The van der Waals surface area contributed by atoms with Crippen LogP contribution in [0.25, 0.3) is 0 Å². The summed E-state index contributed by atoms with van der Waals surface area (Å²) in [5.41, 5.74) is 4.92. The minimum absolute atomic E-state index is 0.0187. The van der Waals surface area contributed by atoms with Crippen LogP contribution in [0.4, 0.5) is 4.39 Å². The SMILES string of the molecule is CNC(c1cc(C)cc(F)c1)c1cc(C)nc(C)c1. The molecule has 1 atom stereocenters. The molecule has 1 heterocycles. The molecule has 0 aliphatic rings. The van der Waals surface area contributed by atoms with Gasteiger partial charge in [0.05, 0.1) is 6.04 Å². The standard InChI is InChI=1S/C16H19FN2/c1-10-5-13(9-15(17)6-10)16(18-4)14-7-11(2)19-12(3)8-14/h5-9,16,18H,1-4H3. The summed E-state index contributed by atoms with van der Waals surface area (Å²) in [6, 6.07) is 9.19. The Labute approximate surface area is 113 Å². The second kappa shape index (κ2) is 5.49. The summed E-state index contributed by atoms with van der Waals surface area (Å²) in [6.45, 7) is 5.85. The third-order valence-corrected chi connectivity index (χ3v) is 3.12. The zero-order valence-electron chi connectivity index (χ0n) is 11.8. The van der Waals surface area contributed by atoms with Crippen LogP contribution in [0, 0.1) is 26.6 Å². The molecule has 1 unspecified atom stereocenters. The maximum atomic E-state index is 13.6. The highest BCUT2D eigenvalue weighted by atomic mass is 19.1. The molecule has 0 spiro atoms. The summed E-state index contributed by atoms with van der Waals surface area (Å²) in [5, 5.41) is 3.25. The summed E-state index contributed by atoms with van der Waals surface area (Å²) in [4.78, 5) is 4.38. The van der Waals surface area contributed by atoms with Gasteiger partial charge in [-0.2, -0.15) is 0 Å². The number of aryl methyl sites for hydroxylation is 3. The number of nitrogens with zero attached hydrogens (tertiary/aromatic N) is 1. The molecule has 2 nitrogen and oxygen atoms in total. The summed E-state index contributed by atoms with van der Waals surface area (Å²) < 4.78 is 13.6. The largest absolute Gasteiger partial charge is 0.309 e. The Hall–Kier alpha value is -1.74. The Bertz CT molecular complexity index is 501. The lowest BCUT2D eigenvalue weighted by atomic mass is 9.97. The first-order valence-corrected chi connectivity index (χ1v) is 6.39. The van der Waals surface area contributed by atoms with Gasteiger partial charge in [0.1, 0.15) is 5.82 Å². The third kappa shape index (κ3) is 3.18. The minimum Gasteiger partial charge on any atom is -0.309 e. The molecule has 0 saturated carbocycles. The van der Waals surface area contributed by atoms with Crippen molar-refractivity contribution < 1.29 is 4.39 Å². The van der Waals surface area contributed by atoms with E-state index in [2.05, 4.69) is 10.3 Å². The van der Waals surface area contributed by atoms with E-state index in [1.54, 1.807) is 12.1 Å². The summed E-state index contributed by atoms with van der Waals surface area (Å²) in [6.07, 6.45) is 0. The summed E-state index contributed by atoms with van der Waals surface area (Å²) in [7, 11) is 1.88. The van der Waals surface area contributed by atoms with Crippen LogP contribution in [0.3, 0.4) is 0 Å². The van der Waals surface area contributed by atoms with Crippen LogP contribution in [0.15, 0.2) is 30.3 Å². The highest BCUT2D eigenvalue weighted by Crippen LogP contribution is 2.24. The van der Waals surface area contributed by atoms with E-state index in [-0.39, 0.29) is 11.9 Å². The van der Waals surface area contributed by atoms with E-state index in [9.17, 15) is 4.39 Å². The van der Waals surface area contributed by atoms with Gasteiger partial charge in [0.2, 0.25) is 0 Å². The molecule has 100 valence electrons. The van der Waals surface area contributed by atoms with E-state index in [1.165, 1.54) is 0 Å². The molecule has 2 aromatic rings. The minimum atomic E-state index is -0.197. The molecule has 0 radical (unpaired) electrons. The number of hydrogen-bond acceptors (Lipinski definition) is 2. The van der Waals surface area contributed by atoms with Gasteiger partial charge in [-0.25, -0.2) is 4.39 Å². The van der Waals surface area contributed by atoms with Gasteiger partial charge >= 0.3 is 0 Å². The molecule has 0 aliphatic carbocycles. The fraction of sp³-hybridized carbons (Fsp3) is 0.312. The van der Waals surface area contributed by atoms with Gasteiger partial charge in [-0.05, 0) is 68.8 Å². The number of hydrogen-bond donors (Lipinski definition) is 1. The van der Waals surface area contributed by atoms with Crippen molar-refractivity contribution in [3.05, 3.63) is 64.2 Å². The topological polar surface area (TPSA) is 24.9 Å². The van der Waals surface area contributed by atoms with Crippen molar-refractivity contribution in [2.45, 2.75) is 26.8 Å². The summed E-state index contributed by atoms with van der Waals surface area (Å²) in [5.74, 6) is -0.197. The van der Waals surface area contributed by atoms with E-state index < -0.39 is 0 Å². The van der Waals surface area contributed by atoms with Crippen LogP contribution in [0.1, 0.15) is 34.1 Å². The van der Waals surface area contributed by atoms with E-state index in [0.29, 0.717) is 0 Å². The molecule has 0 bridgehead atoms. The van der Waals surface area contributed by atoms with Crippen LogP contribution in [-0.4, -0.2) is 12.0 Å². The molecule has 0 fully saturated rings. The second-order valence-electron chi connectivity index (χ2n) is 4.97. The molecule has 0 amide bonds. The van der Waals surface area contributed by atoms with E-state index in [1.807, 2.05) is 46.0 Å². The fourth-order valence-electron chi connectivity index (χ4n) is 2.49. The summed E-state index contributed by atoms with van der Waals surface area (Å²) >= 11 is 0. The van der Waals surface area contributed by atoms with Gasteiger partial charge < -0.3 is 5.32 Å². The Morgan fingerprint density at radius 2 is 1.53 bits per heavy atom. The van der Waals surface area contributed by atoms with Gasteiger partial charge in [-0.15, -0.1) is 0 Å². The normalized spacial score (nSPS) is 12.5. The number of rotatable bonds is 3. The molecule has 3 heteroatoms. The zero-order chi connectivity index (χ0) is 14.0. The number of halogens is 1. The molecular formula is C16H19FN2. The monoisotopic (exact) mass is 258 g/mol. The highest BCUT2D eigenvalue weighted by Gasteiger charge is 2.14. The first kappa shape index (κ1) is 13.7. The number of benzene rings is 1. The van der Waals surface area contributed by atoms with Crippen LogP contribution < -0.4 is 5.32 Å². The lowest BCUT2D eigenvalue weighted by Crippen LogP contribution is -2.18. The second-order valence-corrected chi connectivity index (χ2v) is 4.97. The van der Waals surface area contributed by atoms with Crippen molar-refractivity contribution in [3.63, 3.8) is 0 Å². The molecule has 1 N–H and O–H groups in total. The van der Waals surface area contributed by atoms with Gasteiger partial charge in [-0.1, -0.05) is 6.07 Å². The molecule has 2 rings (SSSR count). The smallest absolute Gasteiger partial charge is 0.123 e. The quantitative estimate of drug-likeness (QED) is 0.912. The van der Waals surface area contributed by atoms with Crippen LogP contribution in [0.2, 0.25) is 0 Å². The van der Waals surface area contributed by atoms with Crippen LogP contribution in [-0.2, 0) is 0 Å². The first-order chi connectivity index (χ1) is 8.99. The number of pyridine rings is 1. The van der Waals surface area contributed by atoms with Gasteiger partial charge in [0.15, 0.2) is 0 Å². The Balaban J connectivity index is 2.49. The predicted molar refractivity (Wildman–Crippen MR) is 75.8 cm³/mol. The molecule has 0 saturated heterocycles. The average molecular weight is 258 g/mol. The van der Waals surface area contributed by atoms with Crippen LogP contribution in [0.5, 0.6) is 0 Å². The van der Waals surface area contributed by atoms with Gasteiger partial charge in [-0.3, -0.25) is 4.98 Å². The van der Waals surface area contributed by atoms with Crippen molar-refractivity contribution in [2.24, 2.45) is 0 Å². The Kier molecular flexibility index (Phi) is 3.96. The van der Waals surface area contributed by atoms with Crippen molar-refractivity contribution >= 4 is 0 Å². The van der Waals surface area contributed by atoms with Crippen molar-refractivity contribution in [1.82, 2.24) is 10.3 Å². The van der Waals surface area contributed by atoms with Crippen LogP contribution >= 0.6 is 0 Å².